The Morgan fingerprint density at radius 3 is 3.05 bits per heavy atom. The number of carbonyl (C=O) groups is 1. The van der Waals surface area contributed by atoms with E-state index in [2.05, 4.69) is 17.3 Å². The van der Waals surface area contributed by atoms with E-state index in [0.717, 1.165) is 25.4 Å². The molecule has 0 amide bonds. The third kappa shape index (κ3) is 4.34. The lowest BCUT2D eigenvalue weighted by Crippen LogP contribution is -2.43. The average Bonchev–Trinajstić information content (AvgIpc) is 2.46. The van der Waals surface area contributed by atoms with Crippen molar-refractivity contribution in [2.24, 2.45) is 0 Å². The standard InChI is InChI=1S/C15H23N3O3/c1-3-20-15(19)11-4-5-14(13(16)8-11)17-9-12-10-18(2)6-7-21-12/h4-5,8,12,17H,3,6-7,9-10,16H2,1-2H3. The van der Waals surface area contributed by atoms with Gasteiger partial charge in [0.1, 0.15) is 0 Å². The molecule has 6 nitrogen and oxygen atoms in total. The van der Waals surface area contributed by atoms with Crippen LogP contribution in [-0.2, 0) is 9.47 Å². The molecule has 3 N–H and O–H groups in total. The second-order valence-corrected chi connectivity index (χ2v) is 5.16. The van der Waals surface area contributed by atoms with Crippen LogP contribution in [0.25, 0.3) is 0 Å². The van der Waals surface area contributed by atoms with Crippen LogP contribution in [0.15, 0.2) is 18.2 Å². The number of likely N-dealkylation sites (N-methyl/N-ethyl adjacent to an activating group) is 1. The maximum absolute atomic E-state index is 11.6. The van der Waals surface area contributed by atoms with Crippen LogP contribution >= 0.6 is 0 Å². The van der Waals surface area contributed by atoms with Crippen molar-refractivity contribution in [3.05, 3.63) is 23.8 Å². The van der Waals surface area contributed by atoms with Gasteiger partial charge in [-0.2, -0.15) is 0 Å². The van der Waals surface area contributed by atoms with Gasteiger partial charge in [-0.05, 0) is 32.2 Å². The summed E-state index contributed by atoms with van der Waals surface area (Å²) in [6, 6.07) is 5.15. The molecule has 1 unspecified atom stereocenters. The molecule has 116 valence electrons. The summed E-state index contributed by atoms with van der Waals surface area (Å²) in [6.45, 7) is 5.43. The molecule has 0 spiro atoms. The third-order valence-electron chi connectivity index (χ3n) is 3.42. The fourth-order valence-electron chi connectivity index (χ4n) is 2.28. The number of nitrogens with one attached hydrogen (secondary N) is 1. The molecule has 0 bridgehead atoms. The molecule has 21 heavy (non-hydrogen) atoms. The van der Waals surface area contributed by atoms with Gasteiger partial charge in [0.25, 0.3) is 0 Å². The van der Waals surface area contributed by atoms with Crippen molar-refractivity contribution in [1.29, 1.82) is 0 Å². The van der Waals surface area contributed by atoms with Gasteiger partial charge in [-0.25, -0.2) is 4.79 Å². The van der Waals surface area contributed by atoms with Gasteiger partial charge in [0.2, 0.25) is 0 Å². The minimum atomic E-state index is -0.354. The average molecular weight is 293 g/mol. The fourth-order valence-corrected chi connectivity index (χ4v) is 2.28. The molecular formula is C15H23N3O3. The second-order valence-electron chi connectivity index (χ2n) is 5.16. The molecule has 0 aliphatic carbocycles. The van der Waals surface area contributed by atoms with Crippen LogP contribution in [0, 0.1) is 0 Å². The first-order chi connectivity index (χ1) is 10.1. The predicted octanol–water partition coefficient (Wildman–Crippen LogP) is 1.19. The number of benzene rings is 1. The van der Waals surface area contributed by atoms with E-state index in [1.54, 1.807) is 25.1 Å². The van der Waals surface area contributed by atoms with Gasteiger partial charge in [0, 0.05) is 19.6 Å². The Balaban J connectivity index is 1.93. The van der Waals surface area contributed by atoms with Crippen molar-refractivity contribution in [2.75, 3.05) is 50.9 Å². The largest absolute Gasteiger partial charge is 0.462 e. The third-order valence-corrected chi connectivity index (χ3v) is 3.42. The van der Waals surface area contributed by atoms with Gasteiger partial charge in [0.05, 0.1) is 36.3 Å². The summed E-state index contributed by atoms with van der Waals surface area (Å²) in [6.07, 6.45) is 0.146. The number of anilines is 2. The molecule has 1 aromatic carbocycles. The summed E-state index contributed by atoms with van der Waals surface area (Å²) in [5, 5.41) is 3.27. The number of ether oxygens (including phenoxy) is 2. The zero-order valence-corrected chi connectivity index (χ0v) is 12.6. The minimum Gasteiger partial charge on any atom is -0.462 e. The molecule has 6 heteroatoms. The quantitative estimate of drug-likeness (QED) is 0.627. The highest BCUT2D eigenvalue weighted by molar-refractivity contribution is 5.91. The number of carbonyl (C=O) groups excluding carboxylic acids is 1. The molecule has 1 aromatic rings. The van der Waals surface area contributed by atoms with Crippen molar-refractivity contribution in [3.8, 4) is 0 Å². The Morgan fingerprint density at radius 2 is 2.38 bits per heavy atom. The first-order valence-corrected chi connectivity index (χ1v) is 7.20. The van der Waals surface area contributed by atoms with E-state index in [0.29, 0.717) is 24.4 Å². The molecule has 1 aliphatic rings. The summed E-state index contributed by atoms with van der Waals surface area (Å²) >= 11 is 0. The van der Waals surface area contributed by atoms with E-state index < -0.39 is 0 Å². The summed E-state index contributed by atoms with van der Waals surface area (Å²) in [7, 11) is 2.08. The molecule has 2 rings (SSSR count). The highest BCUT2D eigenvalue weighted by atomic mass is 16.5. The maximum Gasteiger partial charge on any atom is 0.338 e. The molecule has 0 saturated carbocycles. The van der Waals surface area contributed by atoms with Crippen molar-refractivity contribution >= 4 is 17.3 Å². The summed E-state index contributed by atoms with van der Waals surface area (Å²) in [5.41, 5.74) is 7.78. The van der Waals surface area contributed by atoms with Crippen molar-refractivity contribution < 1.29 is 14.3 Å². The number of nitrogen functional groups attached to an aromatic ring is 1. The minimum absolute atomic E-state index is 0.146. The monoisotopic (exact) mass is 293 g/mol. The van der Waals surface area contributed by atoms with Crippen LogP contribution in [-0.4, -0.2) is 56.9 Å². The predicted molar refractivity (Wildman–Crippen MR) is 82.5 cm³/mol. The number of nitrogens with zero attached hydrogens (tertiary/aromatic N) is 1. The summed E-state index contributed by atoms with van der Waals surface area (Å²) < 4.78 is 10.6. The Labute approximate surface area is 125 Å². The Morgan fingerprint density at radius 1 is 1.57 bits per heavy atom. The Hall–Kier alpha value is -1.79. The van der Waals surface area contributed by atoms with Gasteiger partial charge < -0.3 is 25.4 Å². The Kier molecular flexibility index (Phi) is 5.41. The lowest BCUT2D eigenvalue weighted by Gasteiger charge is -2.30. The normalized spacial score (nSPS) is 19.2. The Bertz CT molecular complexity index is 493. The van der Waals surface area contributed by atoms with Crippen LogP contribution < -0.4 is 11.1 Å². The second kappa shape index (κ2) is 7.28. The van der Waals surface area contributed by atoms with E-state index in [1.807, 2.05) is 0 Å². The van der Waals surface area contributed by atoms with E-state index in [4.69, 9.17) is 15.2 Å². The van der Waals surface area contributed by atoms with Gasteiger partial charge >= 0.3 is 5.97 Å². The lowest BCUT2D eigenvalue weighted by molar-refractivity contribution is -0.0117. The van der Waals surface area contributed by atoms with Gasteiger partial charge in [-0.1, -0.05) is 0 Å². The molecule has 0 aromatic heterocycles. The number of hydrogen-bond donors (Lipinski definition) is 2. The number of rotatable bonds is 5. The number of morpholine rings is 1. The van der Waals surface area contributed by atoms with Crippen LogP contribution in [0.3, 0.4) is 0 Å². The fraction of sp³-hybridized carbons (Fsp3) is 0.533. The number of hydrogen-bond acceptors (Lipinski definition) is 6. The molecular weight excluding hydrogens is 270 g/mol. The van der Waals surface area contributed by atoms with E-state index in [-0.39, 0.29) is 12.1 Å². The molecule has 1 heterocycles. The van der Waals surface area contributed by atoms with Crippen molar-refractivity contribution in [3.63, 3.8) is 0 Å². The van der Waals surface area contributed by atoms with Crippen LogP contribution in [0.1, 0.15) is 17.3 Å². The van der Waals surface area contributed by atoms with E-state index in [9.17, 15) is 4.79 Å². The summed E-state index contributed by atoms with van der Waals surface area (Å²) in [5.74, 6) is -0.354. The van der Waals surface area contributed by atoms with Crippen molar-refractivity contribution in [2.45, 2.75) is 13.0 Å². The first kappa shape index (κ1) is 15.6. The zero-order chi connectivity index (χ0) is 15.2. The van der Waals surface area contributed by atoms with Gasteiger partial charge in [0.15, 0.2) is 0 Å². The van der Waals surface area contributed by atoms with Gasteiger partial charge in [-0.15, -0.1) is 0 Å². The van der Waals surface area contributed by atoms with E-state index >= 15 is 0 Å². The molecule has 1 atom stereocenters. The van der Waals surface area contributed by atoms with Crippen LogP contribution in [0.4, 0.5) is 11.4 Å². The zero-order valence-electron chi connectivity index (χ0n) is 12.6. The molecule has 1 fully saturated rings. The maximum atomic E-state index is 11.6. The van der Waals surface area contributed by atoms with Crippen molar-refractivity contribution in [1.82, 2.24) is 4.90 Å². The highest BCUT2D eigenvalue weighted by Crippen LogP contribution is 2.20. The van der Waals surface area contributed by atoms with Crippen LogP contribution in [0.5, 0.6) is 0 Å². The molecule has 0 radical (unpaired) electrons. The smallest absolute Gasteiger partial charge is 0.338 e. The first-order valence-electron chi connectivity index (χ1n) is 7.20. The molecule has 1 saturated heterocycles. The number of nitrogens with two attached hydrogens (primary N) is 1. The van der Waals surface area contributed by atoms with Crippen LogP contribution in [0.2, 0.25) is 0 Å². The molecule has 1 aliphatic heterocycles. The SMILES string of the molecule is CCOC(=O)c1ccc(NCC2CN(C)CCO2)c(N)c1. The lowest BCUT2D eigenvalue weighted by atomic mass is 10.1. The van der Waals surface area contributed by atoms with Gasteiger partial charge in [-0.3, -0.25) is 0 Å². The van der Waals surface area contributed by atoms with E-state index in [1.165, 1.54) is 0 Å². The topological polar surface area (TPSA) is 76.8 Å². The highest BCUT2D eigenvalue weighted by Gasteiger charge is 2.17. The summed E-state index contributed by atoms with van der Waals surface area (Å²) in [4.78, 5) is 13.9. The number of esters is 1.